The molecule has 0 saturated heterocycles. The van der Waals surface area contributed by atoms with Crippen LogP contribution in [-0.2, 0) is 0 Å². The fourth-order valence-electron chi connectivity index (χ4n) is 1.50. The number of nitrogens with zero attached hydrogens (tertiary/aromatic N) is 4. The molecule has 0 amide bonds. The smallest absolute Gasteiger partial charge is 0.323 e. The highest BCUT2D eigenvalue weighted by molar-refractivity contribution is 5.36. The number of ether oxygens (including phenoxy) is 1. The van der Waals surface area contributed by atoms with Gasteiger partial charge in [0.1, 0.15) is 0 Å². The largest absolute Gasteiger partial charge is 0.463 e. The van der Waals surface area contributed by atoms with Gasteiger partial charge in [-0.3, -0.25) is 0 Å². The van der Waals surface area contributed by atoms with Crippen molar-refractivity contribution in [3.8, 4) is 6.01 Å². The summed E-state index contributed by atoms with van der Waals surface area (Å²) in [6, 6.07) is 0.387. The Morgan fingerprint density at radius 1 is 1.21 bits per heavy atom. The molecule has 1 aromatic heterocycles. The van der Waals surface area contributed by atoms with Crippen LogP contribution in [0.3, 0.4) is 0 Å². The van der Waals surface area contributed by atoms with Crippen LogP contribution < -0.4 is 15.0 Å². The molecule has 0 fully saturated rings. The molecule has 108 valence electrons. The molecule has 6 nitrogen and oxygen atoms in total. The average Bonchev–Trinajstić information content (AvgIpc) is 2.34. The van der Waals surface area contributed by atoms with Crippen molar-refractivity contribution in [2.24, 2.45) is 5.92 Å². The second-order valence-corrected chi connectivity index (χ2v) is 5.05. The molecular weight excluding hydrogens is 242 g/mol. The summed E-state index contributed by atoms with van der Waals surface area (Å²) in [6.07, 6.45) is 2.16. The van der Waals surface area contributed by atoms with Gasteiger partial charge in [-0.15, -0.1) is 0 Å². The highest BCUT2D eigenvalue weighted by Gasteiger charge is 2.08. The van der Waals surface area contributed by atoms with E-state index >= 15 is 0 Å². The first-order chi connectivity index (χ1) is 9.02. The Kier molecular flexibility index (Phi) is 6.32. The monoisotopic (exact) mass is 267 g/mol. The molecule has 0 spiro atoms. The molecule has 1 rings (SSSR count). The van der Waals surface area contributed by atoms with Crippen molar-refractivity contribution >= 4 is 11.9 Å². The molecule has 0 atom stereocenters. The van der Waals surface area contributed by atoms with Gasteiger partial charge in [0.15, 0.2) is 0 Å². The number of nitrogens with one attached hydrogen (secondary N) is 1. The molecule has 1 N–H and O–H groups in total. The van der Waals surface area contributed by atoms with Crippen molar-refractivity contribution in [3.05, 3.63) is 0 Å². The van der Waals surface area contributed by atoms with E-state index in [0.717, 1.165) is 19.4 Å². The molecule has 19 heavy (non-hydrogen) atoms. The minimum absolute atomic E-state index is 0.387. The first-order valence-corrected chi connectivity index (χ1v) is 6.83. The molecule has 0 aliphatic rings. The number of hydrogen-bond acceptors (Lipinski definition) is 6. The molecule has 0 bridgehead atoms. The van der Waals surface area contributed by atoms with Crippen molar-refractivity contribution in [2.45, 2.75) is 33.6 Å². The van der Waals surface area contributed by atoms with Crippen LogP contribution in [0.1, 0.15) is 33.6 Å². The predicted octanol–water partition coefficient (Wildman–Crippen LogP) is 2.18. The van der Waals surface area contributed by atoms with E-state index in [1.807, 2.05) is 25.9 Å². The van der Waals surface area contributed by atoms with E-state index in [9.17, 15) is 0 Å². The molecule has 0 aliphatic heterocycles. The zero-order valence-corrected chi connectivity index (χ0v) is 12.6. The average molecular weight is 267 g/mol. The van der Waals surface area contributed by atoms with E-state index in [-0.39, 0.29) is 0 Å². The number of anilines is 2. The number of aromatic nitrogens is 3. The van der Waals surface area contributed by atoms with Gasteiger partial charge in [-0.25, -0.2) is 0 Å². The SMILES string of the molecule is CCNc1nc(OCCCC(C)C)nc(N(C)C)n1. The lowest BCUT2D eigenvalue weighted by Gasteiger charge is -2.13. The predicted molar refractivity (Wildman–Crippen MR) is 77.9 cm³/mol. The van der Waals surface area contributed by atoms with Crippen LogP contribution in [0.4, 0.5) is 11.9 Å². The topological polar surface area (TPSA) is 63.2 Å². The van der Waals surface area contributed by atoms with Gasteiger partial charge in [-0.05, 0) is 25.7 Å². The Bertz CT molecular complexity index is 381. The molecule has 1 aromatic rings. The molecule has 1 heterocycles. The Hall–Kier alpha value is -1.59. The first kappa shape index (κ1) is 15.5. The Morgan fingerprint density at radius 3 is 2.53 bits per heavy atom. The van der Waals surface area contributed by atoms with Gasteiger partial charge in [0.2, 0.25) is 11.9 Å². The molecule has 0 saturated carbocycles. The van der Waals surface area contributed by atoms with Crippen LogP contribution in [0.25, 0.3) is 0 Å². The summed E-state index contributed by atoms with van der Waals surface area (Å²) in [7, 11) is 3.79. The summed E-state index contributed by atoms with van der Waals surface area (Å²) in [4.78, 5) is 14.6. The summed E-state index contributed by atoms with van der Waals surface area (Å²) in [5.74, 6) is 1.85. The van der Waals surface area contributed by atoms with E-state index in [1.165, 1.54) is 0 Å². The van der Waals surface area contributed by atoms with Gasteiger partial charge < -0.3 is 15.0 Å². The fourth-order valence-corrected chi connectivity index (χ4v) is 1.50. The number of rotatable bonds is 8. The van der Waals surface area contributed by atoms with Crippen molar-refractivity contribution < 1.29 is 4.74 Å². The van der Waals surface area contributed by atoms with Crippen LogP contribution in [0, 0.1) is 5.92 Å². The summed E-state index contributed by atoms with van der Waals surface area (Å²) in [6.45, 7) is 7.82. The maximum absolute atomic E-state index is 5.61. The van der Waals surface area contributed by atoms with Crippen molar-refractivity contribution in [3.63, 3.8) is 0 Å². The zero-order valence-electron chi connectivity index (χ0n) is 12.6. The highest BCUT2D eigenvalue weighted by Crippen LogP contribution is 2.13. The lowest BCUT2D eigenvalue weighted by Crippen LogP contribution is -2.16. The lowest BCUT2D eigenvalue weighted by atomic mass is 10.1. The molecule has 0 aromatic carbocycles. The molecule has 6 heteroatoms. The van der Waals surface area contributed by atoms with E-state index in [0.29, 0.717) is 30.4 Å². The highest BCUT2D eigenvalue weighted by atomic mass is 16.5. The van der Waals surface area contributed by atoms with Gasteiger partial charge >= 0.3 is 6.01 Å². The maximum Gasteiger partial charge on any atom is 0.323 e. The van der Waals surface area contributed by atoms with Gasteiger partial charge in [0.25, 0.3) is 0 Å². The second-order valence-electron chi connectivity index (χ2n) is 5.05. The van der Waals surface area contributed by atoms with Gasteiger partial charge in [-0.2, -0.15) is 15.0 Å². The van der Waals surface area contributed by atoms with Gasteiger partial charge in [0.05, 0.1) is 6.61 Å². The Balaban J connectivity index is 2.65. The molecule has 0 radical (unpaired) electrons. The fraction of sp³-hybridized carbons (Fsp3) is 0.769. The Labute approximate surface area is 115 Å². The van der Waals surface area contributed by atoms with Crippen molar-refractivity contribution in [1.29, 1.82) is 0 Å². The normalized spacial score (nSPS) is 10.6. The second kappa shape index (κ2) is 7.76. The third kappa shape index (κ3) is 5.72. The minimum Gasteiger partial charge on any atom is -0.463 e. The summed E-state index contributed by atoms with van der Waals surface area (Å²) in [5.41, 5.74) is 0. The van der Waals surface area contributed by atoms with Crippen LogP contribution in [0.2, 0.25) is 0 Å². The zero-order chi connectivity index (χ0) is 14.3. The molecule has 0 aliphatic carbocycles. The summed E-state index contributed by atoms with van der Waals surface area (Å²) < 4.78 is 5.61. The van der Waals surface area contributed by atoms with E-state index in [2.05, 4.69) is 34.1 Å². The van der Waals surface area contributed by atoms with Crippen molar-refractivity contribution in [2.75, 3.05) is 37.5 Å². The number of hydrogen-bond donors (Lipinski definition) is 1. The molecule has 0 unspecified atom stereocenters. The standard InChI is InChI=1S/C13H25N5O/c1-6-14-11-15-12(18(4)5)17-13(16-11)19-9-7-8-10(2)3/h10H,6-9H2,1-5H3,(H,14,15,16,17). The third-order valence-electron chi connectivity index (χ3n) is 2.49. The van der Waals surface area contributed by atoms with Crippen LogP contribution in [-0.4, -0.2) is 42.2 Å². The van der Waals surface area contributed by atoms with Crippen molar-refractivity contribution in [1.82, 2.24) is 15.0 Å². The first-order valence-electron chi connectivity index (χ1n) is 6.83. The van der Waals surface area contributed by atoms with E-state index in [4.69, 9.17) is 4.74 Å². The van der Waals surface area contributed by atoms with Gasteiger partial charge in [0, 0.05) is 20.6 Å². The minimum atomic E-state index is 0.387. The van der Waals surface area contributed by atoms with Crippen LogP contribution >= 0.6 is 0 Å². The lowest BCUT2D eigenvalue weighted by molar-refractivity contribution is 0.275. The van der Waals surface area contributed by atoms with E-state index in [1.54, 1.807) is 0 Å². The van der Waals surface area contributed by atoms with E-state index < -0.39 is 0 Å². The third-order valence-corrected chi connectivity index (χ3v) is 2.49. The summed E-state index contributed by atoms with van der Waals surface area (Å²) >= 11 is 0. The quantitative estimate of drug-likeness (QED) is 0.728. The Morgan fingerprint density at radius 2 is 1.95 bits per heavy atom. The summed E-state index contributed by atoms with van der Waals surface area (Å²) in [5, 5.41) is 3.08. The maximum atomic E-state index is 5.61. The molecular formula is C13H25N5O. The van der Waals surface area contributed by atoms with Gasteiger partial charge in [-0.1, -0.05) is 13.8 Å². The van der Waals surface area contributed by atoms with Crippen LogP contribution in [0.5, 0.6) is 6.01 Å². The van der Waals surface area contributed by atoms with Crippen LogP contribution in [0.15, 0.2) is 0 Å².